The first-order valence-corrected chi connectivity index (χ1v) is 8.57. The average Bonchev–Trinajstić information content (AvgIpc) is 2.74. The predicted molar refractivity (Wildman–Crippen MR) is 84.9 cm³/mol. The van der Waals surface area contributed by atoms with Gasteiger partial charge in [-0.1, -0.05) is 34.8 Å². The summed E-state index contributed by atoms with van der Waals surface area (Å²) in [7, 11) is -3.88. The van der Waals surface area contributed by atoms with Crippen molar-refractivity contribution in [3.05, 3.63) is 39.1 Å². The first kappa shape index (κ1) is 16.4. The lowest BCUT2D eigenvalue weighted by molar-refractivity contribution is 0.601. The van der Waals surface area contributed by atoms with Crippen LogP contribution in [0, 0.1) is 6.92 Å². The molecule has 9 heteroatoms. The van der Waals surface area contributed by atoms with Gasteiger partial charge in [0.2, 0.25) is 0 Å². The second-order valence-electron chi connectivity index (χ2n) is 4.26. The Kier molecular flexibility index (Phi) is 4.72. The molecule has 5 nitrogen and oxygen atoms in total. The fourth-order valence-corrected chi connectivity index (χ4v) is 3.88. The minimum atomic E-state index is -3.88. The predicted octanol–water partition coefficient (Wildman–Crippen LogP) is 3.97. The molecule has 0 spiro atoms. The molecular weight excluding hydrogens is 357 g/mol. The molecule has 0 aliphatic carbocycles. The number of hydrogen-bond acceptors (Lipinski definition) is 3. The van der Waals surface area contributed by atoms with Gasteiger partial charge in [0, 0.05) is 6.54 Å². The van der Waals surface area contributed by atoms with Crippen LogP contribution in [0.5, 0.6) is 0 Å². The maximum Gasteiger partial charge on any atom is 0.263 e. The van der Waals surface area contributed by atoms with E-state index in [2.05, 4.69) is 9.82 Å². The summed E-state index contributed by atoms with van der Waals surface area (Å²) in [6, 6.07) is 2.51. The molecule has 1 N–H and O–H groups in total. The Morgan fingerprint density at radius 2 is 1.81 bits per heavy atom. The van der Waals surface area contributed by atoms with Crippen LogP contribution in [0.25, 0.3) is 0 Å². The Morgan fingerprint density at radius 1 is 1.19 bits per heavy atom. The third-order valence-electron chi connectivity index (χ3n) is 2.91. The van der Waals surface area contributed by atoms with E-state index in [4.69, 9.17) is 34.8 Å². The van der Waals surface area contributed by atoms with E-state index in [1.165, 1.54) is 18.3 Å². The summed E-state index contributed by atoms with van der Waals surface area (Å²) in [5, 5.41) is 4.38. The molecule has 0 fully saturated rings. The molecule has 114 valence electrons. The lowest BCUT2D eigenvalue weighted by Crippen LogP contribution is -2.14. The van der Waals surface area contributed by atoms with Gasteiger partial charge in [-0.15, -0.1) is 0 Å². The van der Waals surface area contributed by atoms with Gasteiger partial charge in [-0.2, -0.15) is 5.10 Å². The van der Waals surface area contributed by atoms with Gasteiger partial charge >= 0.3 is 0 Å². The second kappa shape index (κ2) is 6.04. The van der Waals surface area contributed by atoms with Crippen molar-refractivity contribution in [2.45, 2.75) is 25.3 Å². The molecule has 0 saturated heterocycles. The summed E-state index contributed by atoms with van der Waals surface area (Å²) in [5.74, 6) is 0. The van der Waals surface area contributed by atoms with Crippen molar-refractivity contribution in [2.75, 3.05) is 4.72 Å². The highest BCUT2D eigenvalue weighted by Crippen LogP contribution is 2.32. The van der Waals surface area contributed by atoms with E-state index in [1.807, 2.05) is 6.92 Å². The summed E-state index contributed by atoms with van der Waals surface area (Å²) in [4.78, 5) is -0.137. The Labute approximate surface area is 137 Å². The Balaban J connectivity index is 2.43. The Hall–Kier alpha value is -0.950. The van der Waals surface area contributed by atoms with Gasteiger partial charge in [-0.05, 0) is 26.0 Å². The zero-order valence-corrected chi connectivity index (χ0v) is 14.3. The van der Waals surface area contributed by atoms with Crippen molar-refractivity contribution in [3.63, 3.8) is 0 Å². The van der Waals surface area contributed by atoms with Crippen LogP contribution in [0.3, 0.4) is 0 Å². The Bertz CT molecular complexity index is 787. The van der Waals surface area contributed by atoms with E-state index in [0.717, 1.165) is 0 Å². The normalized spacial score (nSPS) is 11.7. The third kappa shape index (κ3) is 3.29. The van der Waals surface area contributed by atoms with E-state index < -0.39 is 10.0 Å². The number of rotatable bonds is 4. The van der Waals surface area contributed by atoms with Crippen LogP contribution < -0.4 is 4.72 Å². The van der Waals surface area contributed by atoms with Crippen LogP contribution in [-0.4, -0.2) is 18.2 Å². The first-order chi connectivity index (χ1) is 9.76. The molecule has 0 radical (unpaired) electrons. The van der Waals surface area contributed by atoms with E-state index in [0.29, 0.717) is 17.9 Å². The molecule has 1 heterocycles. The smallest absolute Gasteiger partial charge is 0.263 e. The minimum absolute atomic E-state index is 0.00237. The highest BCUT2D eigenvalue weighted by Gasteiger charge is 2.21. The zero-order chi connectivity index (χ0) is 15.8. The van der Waals surface area contributed by atoms with Gasteiger partial charge in [0.05, 0.1) is 32.6 Å². The number of nitrogens with zero attached hydrogens (tertiary/aromatic N) is 2. The Morgan fingerprint density at radius 3 is 2.38 bits per heavy atom. The fourth-order valence-electron chi connectivity index (χ4n) is 1.78. The third-order valence-corrected chi connectivity index (χ3v) is 5.46. The van der Waals surface area contributed by atoms with E-state index >= 15 is 0 Å². The highest BCUT2D eigenvalue weighted by atomic mass is 35.5. The number of aryl methyl sites for hydroxylation is 1. The van der Waals surface area contributed by atoms with Gasteiger partial charge in [-0.3, -0.25) is 9.40 Å². The molecule has 2 aromatic rings. The van der Waals surface area contributed by atoms with Crippen LogP contribution in [0.4, 0.5) is 5.69 Å². The lowest BCUT2D eigenvalue weighted by Gasteiger charge is -2.10. The standard InChI is InChI=1S/C12H12Cl3N3O2S/c1-3-18-7(2)11(6-16-18)17-21(19,20)12-5-9(14)8(13)4-10(12)15/h4-6,17H,3H2,1-2H3. The number of nitrogens with one attached hydrogen (secondary N) is 1. The van der Waals surface area contributed by atoms with Gasteiger partial charge in [0.1, 0.15) is 4.90 Å². The number of hydrogen-bond donors (Lipinski definition) is 1. The average molecular weight is 369 g/mol. The topological polar surface area (TPSA) is 64.0 Å². The molecular formula is C12H12Cl3N3O2S. The molecule has 0 unspecified atom stereocenters. The van der Waals surface area contributed by atoms with Crippen LogP contribution in [0.2, 0.25) is 15.1 Å². The van der Waals surface area contributed by atoms with Crippen molar-refractivity contribution >= 4 is 50.5 Å². The maximum atomic E-state index is 12.4. The van der Waals surface area contributed by atoms with E-state index in [-0.39, 0.29) is 20.0 Å². The molecule has 0 saturated carbocycles. The number of sulfonamides is 1. The highest BCUT2D eigenvalue weighted by molar-refractivity contribution is 7.92. The monoisotopic (exact) mass is 367 g/mol. The molecule has 0 atom stereocenters. The SMILES string of the molecule is CCn1ncc(NS(=O)(=O)c2cc(Cl)c(Cl)cc2Cl)c1C. The molecule has 0 bridgehead atoms. The molecule has 1 aromatic carbocycles. The van der Waals surface area contributed by atoms with Gasteiger partial charge in [-0.25, -0.2) is 8.42 Å². The van der Waals surface area contributed by atoms with E-state index in [9.17, 15) is 8.42 Å². The largest absolute Gasteiger partial charge is 0.276 e. The van der Waals surface area contributed by atoms with Crippen LogP contribution in [0.1, 0.15) is 12.6 Å². The number of anilines is 1. The van der Waals surface area contributed by atoms with Crippen molar-refractivity contribution < 1.29 is 8.42 Å². The summed E-state index contributed by atoms with van der Waals surface area (Å²) in [6.45, 7) is 4.32. The van der Waals surface area contributed by atoms with Crippen molar-refractivity contribution in [3.8, 4) is 0 Å². The minimum Gasteiger partial charge on any atom is -0.276 e. The van der Waals surface area contributed by atoms with Crippen LogP contribution in [0.15, 0.2) is 23.2 Å². The van der Waals surface area contributed by atoms with E-state index in [1.54, 1.807) is 11.6 Å². The van der Waals surface area contributed by atoms with Gasteiger partial charge in [0.15, 0.2) is 0 Å². The number of benzene rings is 1. The number of halogens is 3. The molecule has 0 amide bonds. The molecule has 21 heavy (non-hydrogen) atoms. The van der Waals surface area contributed by atoms with Crippen molar-refractivity contribution in [1.82, 2.24) is 9.78 Å². The second-order valence-corrected chi connectivity index (χ2v) is 7.13. The summed E-state index contributed by atoms with van der Waals surface area (Å²) in [6.07, 6.45) is 1.45. The quantitative estimate of drug-likeness (QED) is 0.830. The number of aromatic nitrogens is 2. The van der Waals surface area contributed by atoms with Crippen molar-refractivity contribution in [2.24, 2.45) is 0 Å². The molecule has 0 aliphatic rings. The first-order valence-electron chi connectivity index (χ1n) is 5.96. The van der Waals surface area contributed by atoms with Crippen LogP contribution in [-0.2, 0) is 16.6 Å². The summed E-state index contributed by atoms with van der Waals surface area (Å²) < 4.78 is 28.9. The maximum absolute atomic E-state index is 12.4. The summed E-state index contributed by atoms with van der Waals surface area (Å²) in [5.41, 5.74) is 1.09. The fraction of sp³-hybridized carbons (Fsp3) is 0.250. The van der Waals surface area contributed by atoms with Crippen LogP contribution >= 0.6 is 34.8 Å². The van der Waals surface area contributed by atoms with Gasteiger partial charge < -0.3 is 0 Å². The molecule has 1 aromatic heterocycles. The van der Waals surface area contributed by atoms with Crippen molar-refractivity contribution in [1.29, 1.82) is 0 Å². The zero-order valence-electron chi connectivity index (χ0n) is 11.2. The summed E-state index contributed by atoms with van der Waals surface area (Å²) >= 11 is 17.6. The lowest BCUT2D eigenvalue weighted by atomic mass is 10.4. The molecule has 0 aliphatic heterocycles. The molecule has 2 rings (SSSR count). The van der Waals surface area contributed by atoms with Gasteiger partial charge in [0.25, 0.3) is 10.0 Å².